The molecule has 0 bridgehead atoms. The van der Waals surface area contributed by atoms with Crippen molar-refractivity contribution >= 4 is 29.3 Å². The molecule has 1 aromatic heterocycles. The van der Waals surface area contributed by atoms with Gasteiger partial charge in [0.15, 0.2) is 11.5 Å². The predicted octanol–water partition coefficient (Wildman–Crippen LogP) is 0.697. The Bertz CT molecular complexity index is 1100. The van der Waals surface area contributed by atoms with Crippen LogP contribution in [0.15, 0.2) is 16.9 Å². The quantitative estimate of drug-likeness (QED) is 0.568. The number of ether oxygens (including phenoxy) is 4. The van der Waals surface area contributed by atoms with Crippen molar-refractivity contribution in [1.29, 1.82) is 0 Å². The first kappa shape index (κ1) is 22.4. The zero-order valence-corrected chi connectivity index (χ0v) is 18.5. The second-order valence-electron chi connectivity index (χ2n) is 7.46. The Morgan fingerprint density at radius 3 is 2.39 bits per heavy atom. The Hall–Kier alpha value is -3.80. The normalized spacial score (nSPS) is 17.6. The van der Waals surface area contributed by atoms with E-state index in [1.165, 1.54) is 21.3 Å². The van der Waals surface area contributed by atoms with Crippen LogP contribution in [0.25, 0.3) is 0 Å². The van der Waals surface area contributed by atoms with Gasteiger partial charge in [-0.25, -0.2) is 0 Å². The number of anilines is 3. The Balaban J connectivity index is 1.65. The second-order valence-corrected chi connectivity index (χ2v) is 7.46. The van der Waals surface area contributed by atoms with E-state index in [9.17, 15) is 14.4 Å². The summed E-state index contributed by atoms with van der Waals surface area (Å²) in [4.78, 5) is 47.4. The summed E-state index contributed by atoms with van der Waals surface area (Å²) in [6, 6.07) is 3.13. The fraction of sp³-hybridized carbons (Fsp3) is 0.429. The average Bonchev–Trinajstić information content (AvgIpc) is 2.82. The highest BCUT2D eigenvalue weighted by molar-refractivity contribution is 6.04. The lowest BCUT2D eigenvalue weighted by atomic mass is 9.92. The largest absolute Gasteiger partial charge is 0.493 e. The lowest BCUT2D eigenvalue weighted by Gasteiger charge is -2.29. The van der Waals surface area contributed by atoms with Crippen molar-refractivity contribution in [3.63, 3.8) is 0 Å². The number of hydrogen-bond donors (Lipinski definition) is 3. The topological polar surface area (TPSA) is 144 Å². The highest BCUT2D eigenvalue weighted by Crippen LogP contribution is 2.40. The molecule has 2 aliphatic rings. The van der Waals surface area contributed by atoms with Gasteiger partial charge in [-0.3, -0.25) is 19.4 Å². The molecule has 2 aliphatic heterocycles. The Labute approximate surface area is 189 Å². The number of morpholine rings is 1. The molecule has 0 radical (unpaired) electrons. The summed E-state index contributed by atoms with van der Waals surface area (Å²) in [7, 11) is 4.39. The number of fused-ring (bicyclic) bond motifs is 1. The van der Waals surface area contributed by atoms with E-state index >= 15 is 0 Å². The number of nitrogens with zero attached hydrogens (tertiary/aromatic N) is 2. The number of aromatic nitrogens is 2. The minimum atomic E-state index is -1.03. The van der Waals surface area contributed by atoms with E-state index in [2.05, 4.69) is 20.6 Å². The van der Waals surface area contributed by atoms with Crippen molar-refractivity contribution in [2.75, 3.05) is 63.2 Å². The van der Waals surface area contributed by atoms with E-state index in [1.807, 2.05) is 4.90 Å². The number of carbonyl (C=O) groups is 2. The lowest BCUT2D eigenvalue weighted by molar-refractivity contribution is -0.123. The predicted molar refractivity (Wildman–Crippen MR) is 119 cm³/mol. The lowest BCUT2D eigenvalue weighted by Crippen LogP contribution is -2.41. The molecule has 4 rings (SSSR count). The van der Waals surface area contributed by atoms with Crippen LogP contribution in [0, 0.1) is 0 Å². The zero-order chi connectivity index (χ0) is 23.5. The van der Waals surface area contributed by atoms with Crippen molar-refractivity contribution in [1.82, 2.24) is 9.97 Å². The third kappa shape index (κ3) is 4.42. The van der Waals surface area contributed by atoms with Crippen LogP contribution in [0.3, 0.4) is 0 Å². The Morgan fingerprint density at radius 1 is 1.12 bits per heavy atom. The fourth-order valence-corrected chi connectivity index (χ4v) is 3.89. The number of methoxy groups -OCH3 is 3. The van der Waals surface area contributed by atoms with Crippen molar-refractivity contribution in [2.24, 2.45) is 0 Å². The standard InChI is InChI=1S/C21H25N5O7/c1-30-13-8-11(9-14(31-2)17(13)32-3)22-19(28)12-10-15(27)23-18-16(12)20(29)25-21(24-18)26-4-6-33-7-5-26/h8-9,12H,4-7,10H2,1-3H3,(H,22,28)(H2,23,24,25,27,29). The van der Waals surface area contributed by atoms with Gasteiger partial charge in [-0.15, -0.1) is 0 Å². The molecule has 176 valence electrons. The van der Waals surface area contributed by atoms with Crippen molar-refractivity contribution < 1.29 is 28.5 Å². The van der Waals surface area contributed by atoms with Crippen LogP contribution < -0.4 is 35.3 Å². The summed E-state index contributed by atoms with van der Waals surface area (Å²) >= 11 is 0. The van der Waals surface area contributed by atoms with Crippen LogP contribution in [0.2, 0.25) is 0 Å². The van der Waals surface area contributed by atoms with Crippen molar-refractivity contribution in [3.05, 3.63) is 28.0 Å². The number of rotatable bonds is 6. The average molecular weight is 459 g/mol. The molecule has 0 spiro atoms. The van der Waals surface area contributed by atoms with Gasteiger partial charge in [0.2, 0.25) is 23.5 Å². The molecule has 12 nitrogen and oxygen atoms in total. The van der Waals surface area contributed by atoms with E-state index < -0.39 is 23.3 Å². The van der Waals surface area contributed by atoms with Gasteiger partial charge >= 0.3 is 0 Å². The summed E-state index contributed by atoms with van der Waals surface area (Å²) in [6.45, 7) is 2.13. The molecule has 2 aromatic rings. The number of carbonyl (C=O) groups excluding carboxylic acids is 2. The van der Waals surface area contributed by atoms with Crippen molar-refractivity contribution in [3.8, 4) is 17.2 Å². The van der Waals surface area contributed by atoms with Gasteiger partial charge in [0.1, 0.15) is 5.82 Å². The third-order valence-electron chi connectivity index (χ3n) is 5.50. The van der Waals surface area contributed by atoms with E-state index in [-0.39, 0.29) is 17.8 Å². The maximum Gasteiger partial charge on any atom is 0.258 e. The monoisotopic (exact) mass is 459 g/mol. The van der Waals surface area contributed by atoms with Gasteiger partial charge in [-0.1, -0.05) is 0 Å². The maximum absolute atomic E-state index is 13.2. The first-order valence-corrected chi connectivity index (χ1v) is 10.3. The van der Waals surface area contributed by atoms with E-state index in [0.29, 0.717) is 55.2 Å². The maximum atomic E-state index is 13.2. The number of nitrogens with one attached hydrogen (secondary N) is 3. The van der Waals surface area contributed by atoms with Gasteiger partial charge in [-0.05, 0) is 0 Å². The molecular weight excluding hydrogens is 434 g/mol. The van der Waals surface area contributed by atoms with Crippen LogP contribution in [0.4, 0.5) is 17.5 Å². The highest BCUT2D eigenvalue weighted by Gasteiger charge is 2.35. The molecule has 3 N–H and O–H groups in total. The third-order valence-corrected chi connectivity index (χ3v) is 5.50. The molecule has 1 saturated heterocycles. The van der Waals surface area contributed by atoms with Crippen LogP contribution in [0.1, 0.15) is 17.9 Å². The smallest absolute Gasteiger partial charge is 0.258 e. The van der Waals surface area contributed by atoms with Crippen LogP contribution >= 0.6 is 0 Å². The molecule has 2 amide bonds. The molecule has 1 fully saturated rings. The molecular formula is C21H25N5O7. The Kier molecular flexibility index (Phi) is 6.36. The van der Waals surface area contributed by atoms with Crippen LogP contribution in [-0.2, 0) is 14.3 Å². The van der Waals surface area contributed by atoms with Gasteiger partial charge in [0.05, 0.1) is 46.0 Å². The molecule has 0 aliphatic carbocycles. The number of H-pyrrole nitrogens is 1. The van der Waals surface area contributed by atoms with E-state index in [0.717, 1.165) is 0 Å². The molecule has 1 atom stereocenters. The van der Waals surface area contributed by atoms with Gasteiger partial charge < -0.3 is 34.5 Å². The SMILES string of the molecule is COc1cc(NC(=O)C2CC(=O)Nc3nc(N4CCOCC4)[nH]c(=O)c32)cc(OC)c1OC. The Morgan fingerprint density at radius 2 is 1.79 bits per heavy atom. The minimum absolute atomic E-state index is 0.0848. The second kappa shape index (κ2) is 9.36. The molecule has 1 aromatic carbocycles. The van der Waals surface area contributed by atoms with Crippen LogP contribution in [-0.4, -0.2) is 69.4 Å². The number of benzene rings is 1. The number of amides is 2. The first-order chi connectivity index (χ1) is 15.9. The summed E-state index contributed by atoms with van der Waals surface area (Å²) in [5.41, 5.74) is -0.0144. The number of aromatic amines is 1. The summed E-state index contributed by atoms with van der Waals surface area (Å²) in [5, 5.41) is 5.35. The molecule has 1 unspecified atom stereocenters. The van der Waals surface area contributed by atoms with Crippen molar-refractivity contribution in [2.45, 2.75) is 12.3 Å². The van der Waals surface area contributed by atoms with E-state index in [4.69, 9.17) is 18.9 Å². The molecule has 12 heteroatoms. The minimum Gasteiger partial charge on any atom is -0.493 e. The summed E-state index contributed by atoms with van der Waals surface area (Å²) in [5.74, 6) is -0.480. The summed E-state index contributed by atoms with van der Waals surface area (Å²) in [6.07, 6.45) is -0.190. The number of hydrogen-bond acceptors (Lipinski definition) is 9. The molecule has 3 heterocycles. The zero-order valence-electron chi connectivity index (χ0n) is 18.5. The fourth-order valence-electron chi connectivity index (χ4n) is 3.89. The first-order valence-electron chi connectivity index (χ1n) is 10.3. The highest BCUT2D eigenvalue weighted by atomic mass is 16.5. The molecule has 0 saturated carbocycles. The molecule has 33 heavy (non-hydrogen) atoms. The van der Waals surface area contributed by atoms with Gasteiger partial charge in [-0.2, -0.15) is 4.98 Å². The van der Waals surface area contributed by atoms with E-state index in [1.54, 1.807) is 12.1 Å². The van der Waals surface area contributed by atoms with Crippen LogP contribution in [0.5, 0.6) is 17.2 Å². The summed E-state index contributed by atoms with van der Waals surface area (Å²) < 4.78 is 21.2. The van der Waals surface area contributed by atoms with Gasteiger partial charge in [0, 0.05) is 37.3 Å². The van der Waals surface area contributed by atoms with Gasteiger partial charge in [0.25, 0.3) is 5.56 Å².